The van der Waals surface area contributed by atoms with Crippen molar-refractivity contribution >= 4 is 28.3 Å². The van der Waals surface area contributed by atoms with Gasteiger partial charge in [-0.25, -0.2) is 4.90 Å². The van der Waals surface area contributed by atoms with E-state index in [1.165, 1.54) is 16.0 Å². The molecule has 2 amide bonds. The number of amides is 2. The topological polar surface area (TPSA) is 46.6 Å². The summed E-state index contributed by atoms with van der Waals surface area (Å²) in [6.45, 7) is 2.01. The molecule has 4 aromatic carbocycles. The smallest absolute Gasteiger partial charge is 0.265 e. The Hall–Kier alpha value is -3.92. The van der Waals surface area contributed by atoms with Crippen LogP contribution in [0.15, 0.2) is 72.8 Å². The summed E-state index contributed by atoms with van der Waals surface area (Å²) in [5, 5.41) is 1.91. The van der Waals surface area contributed by atoms with E-state index in [1.807, 2.05) is 55.5 Å². The highest BCUT2D eigenvalue weighted by molar-refractivity contribution is 6.36. The van der Waals surface area contributed by atoms with Gasteiger partial charge in [0.25, 0.3) is 11.8 Å². The maximum atomic E-state index is 13.3. The molecule has 1 aliphatic carbocycles. The Balaban J connectivity index is 1.38. The molecule has 0 unspecified atom stereocenters. The van der Waals surface area contributed by atoms with E-state index in [1.54, 1.807) is 24.3 Å². The largest absolute Gasteiger partial charge is 0.457 e. The van der Waals surface area contributed by atoms with Crippen LogP contribution in [0.1, 0.15) is 37.4 Å². The first-order chi connectivity index (χ1) is 15.1. The Kier molecular flexibility index (Phi) is 3.78. The van der Waals surface area contributed by atoms with Crippen molar-refractivity contribution in [2.45, 2.75) is 19.8 Å². The molecule has 2 aliphatic rings. The van der Waals surface area contributed by atoms with Crippen molar-refractivity contribution in [2.75, 3.05) is 4.90 Å². The molecule has 150 valence electrons. The third kappa shape index (κ3) is 2.68. The summed E-state index contributed by atoms with van der Waals surface area (Å²) in [5.74, 6) is 0.838. The maximum absolute atomic E-state index is 13.3. The van der Waals surface area contributed by atoms with Crippen LogP contribution in [0.25, 0.3) is 10.8 Å². The number of rotatable bonds is 3. The molecular formula is C27H19NO3. The normalized spacial score (nSPS) is 14.4. The standard InChI is InChI=1S/C27H19NO3/c1-16-3-2-4-21(15-16)31-20-11-9-19(10-12-20)28-26(29)22-13-7-17-5-6-18-8-14-23(27(28)30)25(22)24(17)18/h2-4,7-15H,5-6H2,1H3. The van der Waals surface area contributed by atoms with Crippen molar-refractivity contribution in [1.29, 1.82) is 0 Å². The molecule has 4 aromatic rings. The first kappa shape index (κ1) is 17.9. The van der Waals surface area contributed by atoms with E-state index < -0.39 is 0 Å². The summed E-state index contributed by atoms with van der Waals surface area (Å²) in [7, 11) is 0. The zero-order valence-electron chi connectivity index (χ0n) is 17.0. The minimum atomic E-state index is -0.277. The number of aryl methyl sites for hydroxylation is 3. The molecule has 0 saturated carbocycles. The molecule has 0 aromatic heterocycles. The molecule has 0 radical (unpaired) electrons. The highest BCUT2D eigenvalue weighted by Crippen LogP contribution is 2.39. The second-order valence-electron chi connectivity index (χ2n) is 8.15. The summed E-state index contributed by atoms with van der Waals surface area (Å²) >= 11 is 0. The molecule has 1 heterocycles. The third-order valence-corrected chi connectivity index (χ3v) is 6.18. The average molecular weight is 405 g/mol. The van der Waals surface area contributed by atoms with Gasteiger partial charge in [0, 0.05) is 16.5 Å². The van der Waals surface area contributed by atoms with E-state index >= 15 is 0 Å². The Morgan fingerprint density at radius 3 is 1.97 bits per heavy atom. The van der Waals surface area contributed by atoms with Crippen LogP contribution in [0.4, 0.5) is 5.69 Å². The van der Waals surface area contributed by atoms with Crippen molar-refractivity contribution < 1.29 is 14.3 Å². The van der Waals surface area contributed by atoms with Crippen LogP contribution < -0.4 is 9.64 Å². The summed E-state index contributed by atoms with van der Waals surface area (Å²) in [5.41, 5.74) is 5.29. The fourth-order valence-corrected chi connectivity index (χ4v) is 4.73. The number of hydrogen-bond donors (Lipinski definition) is 0. The van der Waals surface area contributed by atoms with Crippen LogP contribution in [0.3, 0.4) is 0 Å². The van der Waals surface area contributed by atoms with Gasteiger partial charge >= 0.3 is 0 Å². The molecule has 1 aliphatic heterocycles. The molecule has 0 atom stereocenters. The van der Waals surface area contributed by atoms with Crippen LogP contribution in [0, 0.1) is 6.92 Å². The number of nitrogens with zero attached hydrogens (tertiary/aromatic N) is 1. The monoisotopic (exact) mass is 405 g/mol. The summed E-state index contributed by atoms with van der Waals surface area (Å²) in [4.78, 5) is 28.0. The molecule has 4 heteroatoms. The predicted octanol–water partition coefficient (Wildman–Crippen LogP) is 5.84. The summed E-state index contributed by atoms with van der Waals surface area (Å²) in [6.07, 6.45) is 1.92. The number of benzene rings is 4. The number of hydrogen-bond acceptors (Lipinski definition) is 3. The molecular weight excluding hydrogens is 386 g/mol. The van der Waals surface area contributed by atoms with Crippen molar-refractivity contribution in [3.8, 4) is 11.5 Å². The van der Waals surface area contributed by atoms with Gasteiger partial charge in [-0.1, -0.05) is 24.3 Å². The maximum Gasteiger partial charge on any atom is 0.265 e. The lowest BCUT2D eigenvalue weighted by Crippen LogP contribution is -2.40. The molecule has 0 fully saturated rings. The SMILES string of the molecule is Cc1cccc(Oc2ccc(N3C(=O)c4ccc5c6c(ccc(c46)C3=O)CC5)cc2)c1. The third-order valence-electron chi connectivity index (χ3n) is 6.18. The first-order valence-corrected chi connectivity index (χ1v) is 10.4. The van der Waals surface area contributed by atoms with Crippen LogP contribution in [0.5, 0.6) is 11.5 Å². The van der Waals surface area contributed by atoms with Gasteiger partial charge in [0.15, 0.2) is 0 Å². The lowest BCUT2D eigenvalue weighted by molar-refractivity contribution is 0.0893. The van der Waals surface area contributed by atoms with Crippen LogP contribution in [0.2, 0.25) is 0 Å². The minimum Gasteiger partial charge on any atom is -0.457 e. The molecule has 31 heavy (non-hydrogen) atoms. The Labute approximate surface area is 179 Å². The van der Waals surface area contributed by atoms with Crippen molar-refractivity contribution in [3.05, 3.63) is 101 Å². The zero-order valence-corrected chi connectivity index (χ0v) is 17.0. The van der Waals surface area contributed by atoms with E-state index in [2.05, 4.69) is 0 Å². The van der Waals surface area contributed by atoms with Gasteiger partial charge in [-0.3, -0.25) is 9.59 Å². The minimum absolute atomic E-state index is 0.277. The Morgan fingerprint density at radius 1 is 0.710 bits per heavy atom. The molecule has 4 nitrogen and oxygen atoms in total. The van der Waals surface area contributed by atoms with Crippen molar-refractivity contribution in [3.63, 3.8) is 0 Å². The quantitative estimate of drug-likeness (QED) is 0.402. The first-order valence-electron chi connectivity index (χ1n) is 10.4. The molecule has 0 spiro atoms. The van der Waals surface area contributed by atoms with Crippen molar-refractivity contribution in [1.82, 2.24) is 0 Å². The highest BCUT2D eigenvalue weighted by atomic mass is 16.5. The number of carbonyl (C=O) groups excluding carboxylic acids is 2. The Bertz CT molecular complexity index is 1340. The number of anilines is 1. The highest BCUT2D eigenvalue weighted by Gasteiger charge is 2.35. The van der Waals surface area contributed by atoms with E-state index in [-0.39, 0.29) is 11.8 Å². The van der Waals surface area contributed by atoms with Gasteiger partial charge in [-0.2, -0.15) is 0 Å². The van der Waals surface area contributed by atoms with E-state index in [9.17, 15) is 9.59 Å². The number of carbonyl (C=O) groups is 2. The van der Waals surface area contributed by atoms with Crippen LogP contribution >= 0.6 is 0 Å². The summed E-state index contributed by atoms with van der Waals surface area (Å²) < 4.78 is 5.90. The van der Waals surface area contributed by atoms with Gasteiger partial charge in [0.1, 0.15) is 11.5 Å². The molecule has 0 bridgehead atoms. The predicted molar refractivity (Wildman–Crippen MR) is 120 cm³/mol. The second-order valence-corrected chi connectivity index (χ2v) is 8.15. The van der Waals surface area contributed by atoms with Gasteiger partial charge in [0.05, 0.1) is 5.69 Å². The van der Waals surface area contributed by atoms with E-state index in [4.69, 9.17) is 4.74 Å². The van der Waals surface area contributed by atoms with E-state index in [0.29, 0.717) is 22.6 Å². The van der Waals surface area contributed by atoms with Crippen molar-refractivity contribution in [2.24, 2.45) is 0 Å². The Morgan fingerprint density at radius 2 is 1.35 bits per heavy atom. The summed E-state index contributed by atoms with van der Waals surface area (Å²) in [6, 6.07) is 22.7. The van der Waals surface area contributed by atoms with Crippen LogP contribution in [-0.2, 0) is 12.8 Å². The van der Waals surface area contributed by atoms with Gasteiger partial charge in [-0.15, -0.1) is 0 Å². The zero-order chi connectivity index (χ0) is 21.1. The number of ether oxygens (including phenoxy) is 1. The molecule has 0 N–H and O–H groups in total. The number of imide groups is 1. The van der Waals surface area contributed by atoms with E-state index in [0.717, 1.165) is 34.9 Å². The van der Waals surface area contributed by atoms with Gasteiger partial charge in [0.2, 0.25) is 0 Å². The lowest BCUT2D eigenvalue weighted by Gasteiger charge is -2.27. The molecule has 6 rings (SSSR count). The van der Waals surface area contributed by atoms with Gasteiger partial charge < -0.3 is 4.74 Å². The van der Waals surface area contributed by atoms with Crippen LogP contribution in [-0.4, -0.2) is 11.8 Å². The fraction of sp³-hybridized carbons (Fsp3) is 0.111. The molecule has 0 saturated heterocycles. The van der Waals surface area contributed by atoms with Gasteiger partial charge in [-0.05, 0) is 90.4 Å². The lowest BCUT2D eigenvalue weighted by atomic mass is 9.91. The average Bonchev–Trinajstić information content (AvgIpc) is 3.20. The second kappa shape index (κ2) is 6.54. The fourth-order valence-electron chi connectivity index (χ4n) is 4.73.